The number of rotatable bonds is 6. The molecule has 0 aliphatic rings. The molecular weight excluding hydrogens is 387 g/mol. The lowest BCUT2D eigenvalue weighted by atomic mass is 10.2. The average Bonchev–Trinajstić information content (AvgIpc) is 3.11. The fraction of sp³-hybridized carbons (Fsp3) is 0.174. The van der Waals surface area contributed by atoms with Gasteiger partial charge >= 0.3 is 0 Å². The highest BCUT2D eigenvalue weighted by atomic mass is 35.5. The normalized spacial score (nSPS) is 14.1. The van der Waals surface area contributed by atoms with Gasteiger partial charge in [0.15, 0.2) is 0 Å². The summed E-state index contributed by atoms with van der Waals surface area (Å²) in [6.07, 6.45) is 2.17. The van der Waals surface area contributed by atoms with Crippen LogP contribution in [0.2, 0.25) is 0 Å². The number of halogens is 1. The fourth-order valence-electron chi connectivity index (χ4n) is 3.67. The summed E-state index contributed by atoms with van der Waals surface area (Å²) in [5.74, 6) is 0. The Bertz CT molecular complexity index is 1080. The SMILES string of the molecule is CC(Cl)(Cn1cnc2ccccc21)CP(=O)(c1ccccc1)c1ccccc1. The molecular formula is C23H22ClN2OP. The van der Waals surface area contributed by atoms with E-state index in [1.807, 2.05) is 96.4 Å². The maximum Gasteiger partial charge on any atom is 0.145 e. The number of hydrogen-bond acceptors (Lipinski definition) is 2. The highest BCUT2D eigenvalue weighted by molar-refractivity contribution is 7.78. The second-order valence-corrected chi connectivity index (χ2v) is 11.1. The highest BCUT2D eigenvalue weighted by Crippen LogP contribution is 2.48. The van der Waals surface area contributed by atoms with E-state index in [1.165, 1.54) is 0 Å². The van der Waals surface area contributed by atoms with E-state index in [0.717, 1.165) is 21.6 Å². The van der Waals surface area contributed by atoms with Crippen LogP contribution in [-0.2, 0) is 11.1 Å². The number of hydrogen-bond donors (Lipinski definition) is 0. The number of benzene rings is 3. The van der Waals surface area contributed by atoms with Gasteiger partial charge in [-0.05, 0) is 19.1 Å². The van der Waals surface area contributed by atoms with Crippen LogP contribution in [0.3, 0.4) is 0 Å². The number of imidazole rings is 1. The zero-order chi connectivity index (χ0) is 19.6. The van der Waals surface area contributed by atoms with Crippen LogP contribution in [0.15, 0.2) is 91.3 Å². The van der Waals surface area contributed by atoms with E-state index < -0.39 is 12.0 Å². The zero-order valence-corrected chi connectivity index (χ0v) is 17.4. The standard InChI is InChI=1S/C23H22ClN2OP/c1-23(24,16-26-18-25-21-14-8-9-15-22(21)26)17-28(27,19-10-4-2-5-11-19)20-12-6-3-7-13-20/h2-15,18H,16-17H2,1H3. The van der Waals surface area contributed by atoms with Crippen LogP contribution in [-0.4, -0.2) is 20.6 Å². The van der Waals surface area contributed by atoms with Crippen LogP contribution in [0.1, 0.15) is 6.92 Å². The van der Waals surface area contributed by atoms with Gasteiger partial charge < -0.3 is 9.13 Å². The molecule has 0 saturated heterocycles. The minimum Gasteiger partial charge on any atom is -0.329 e. The number of para-hydroxylation sites is 2. The van der Waals surface area contributed by atoms with E-state index in [0.29, 0.717) is 12.7 Å². The topological polar surface area (TPSA) is 34.9 Å². The predicted octanol–water partition coefficient (Wildman–Crippen LogP) is 5.05. The van der Waals surface area contributed by atoms with Crippen molar-refractivity contribution in [1.29, 1.82) is 0 Å². The van der Waals surface area contributed by atoms with Gasteiger partial charge in [0, 0.05) is 23.3 Å². The molecule has 0 aliphatic heterocycles. The molecule has 3 nitrogen and oxygen atoms in total. The largest absolute Gasteiger partial charge is 0.329 e. The van der Waals surface area contributed by atoms with Crippen molar-refractivity contribution in [3.05, 3.63) is 91.3 Å². The van der Waals surface area contributed by atoms with E-state index in [4.69, 9.17) is 11.6 Å². The molecule has 1 heterocycles. The molecule has 1 unspecified atom stereocenters. The first-order valence-electron chi connectivity index (χ1n) is 9.27. The van der Waals surface area contributed by atoms with Crippen molar-refractivity contribution in [2.45, 2.75) is 18.3 Å². The second-order valence-electron chi connectivity index (χ2n) is 7.34. The Balaban J connectivity index is 1.71. The lowest BCUT2D eigenvalue weighted by molar-refractivity contribution is 0.548. The fourth-order valence-corrected chi connectivity index (χ4v) is 7.31. The summed E-state index contributed by atoms with van der Waals surface area (Å²) in [4.78, 5) is 3.75. The molecule has 3 aromatic carbocycles. The minimum atomic E-state index is -2.89. The van der Waals surface area contributed by atoms with Crippen molar-refractivity contribution in [3.8, 4) is 0 Å². The first kappa shape index (κ1) is 19.0. The predicted molar refractivity (Wildman–Crippen MR) is 119 cm³/mol. The van der Waals surface area contributed by atoms with Crippen molar-refractivity contribution in [2.75, 3.05) is 6.16 Å². The van der Waals surface area contributed by atoms with Crippen molar-refractivity contribution < 1.29 is 4.57 Å². The van der Waals surface area contributed by atoms with Crippen LogP contribution < -0.4 is 10.6 Å². The summed E-state index contributed by atoms with van der Waals surface area (Å²) in [7, 11) is -2.89. The van der Waals surface area contributed by atoms with Gasteiger partial charge in [0.2, 0.25) is 0 Å². The maximum absolute atomic E-state index is 14.3. The Morgan fingerprint density at radius 2 is 1.43 bits per heavy atom. The molecule has 0 bridgehead atoms. The van der Waals surface area contributed by atoms with Crippen LogP contribution in [0.5, 0.6) is 0 Å². The molecule has 0 saturated carbocycles. The molecule has 4 aromatic rings. The van der Waals surface area contributed by atoms with E-state index in [-0.39, 0.29) is 0 Å². The third-order valence-corrected chi connectivity index (χ3v) is 8.77. The van der Waals surface area contributed by atoms with Crippen LogP contribution in [0.4, 0.5) is 0 Å². The van der Waals surface area contributed by atoms with E-state index in [1.54, 1.807) is 6.33 Å². The molecule has 142 valence electrons. The third-order valence-electron chi connectivity index (χ3n) is 4.93. The Labute approximate surface area is 170 Å². The van der Waals surface area contributed by atoms with Crippen molar-refractivity contribution in [3.63, 3.8) is 0 Å². The summed E-state index contributed by atoms with van der Waals surface area (Å²) in [6.45, 7) is 2.49. The van der Waals surface area contributed by atoms with Gasteiger partial charge in [-0.3, -0.25) is 0 Å². The summed E-state index contributed by atoms with van der Waals surface area (Å²) < 4.78 is 16.4. The van der Waals surface area contributed by atoms with Crippen molar-refractivity contribution >= 4 is 40.4 Å². The molecule has 0 fully saturated rings. The van der Waals surface area contributed by atoms with Crippen LogP contribution in [0.25, 0.3) is 11.0 Å². The van der Waals surface area contributed by atoms with Crippen LogP contribution in [0, 0.1) is 0 Å². The molecule has 0 radical (unpaired) electrons. The Hall–Kier alpha value is -2.35. The summed E-state index contributed by atoms with van der Waals surface area (Å²) in [5.41, 5.74) is 1.97. The lowest BCUT2D eigenvalue weighted by Crippen LogP contribution is -2.33. The van der Waals surface area contributed by atoms with Crippen LogP contribution >= 0.6 is 18.7 Å². The maximum atomic E-state index is 14.3. The van der Waals surface area contributed by atoms with Crippen molar-refractivity contribution in [1.82, 2.24) is 9.55 Å². The molecule has 0 aliphatic carbocycles. The number of aromatic nitrogens is 2. The van der Waals surface area contributed by atoms with Gasteiger partial charge in [0.1, 0.15) is 7.14 Å². The summed E-state index contributed by atoms with van der Waals surface area (Å²) in [5, 5.41) is 1.67. The first-order chi connectivity index (χ1) is 13.5. The lowest BCUT2D eigenvalue weighted by Gasteiger charge is -2.29. The molecule has 0 amide bonds. The average molecular weight is 409 g/mol. The van der Waals surface area contributed by atoms with Crippen molar-refractivity contribution in [2.24, 2.45) is 0 Å². The molecule has 0 N–H and O–H groups in total. The quantitative estimate of drug-likeness (QED) is 0.330. The van der Waals surface area contributed by atoms with Gasteiger partial charge in [-0.1, -0.05) is 72.8 Å². The molecule has 1 atom stereocenters. The number of alkyl halides is 1. The first-order valence-corrected chi connectivity index (χ1v) is 11.5. The summed E-state index contributed by atoms with van der Waals surface area (Å²) >= 11 is 6.99. The van der Waals surface area contributed by atoms with E-state index in [2.05, 4.69) is 4.98 Å². The number of fused-ring (bicyclic) bond motifs is 1. The van der Waals surface area contributed by atoms with Gasteiger partial charge in [-0.25, -0.2) is 4.98 Å². The van der Waals surface area contributed by atoms with Gasteiger partial charge in [-0.2, -0.15) is 0 Å². The second kappa shape index (κ2) is 7.58. The Morgan fingerprint density at radius 1 is 0.893 bits per heavy atom. The summed E-state index contributed by atoms with van der Waals surface area (Å²) in [6, 6.07) is 27.3. The van der Waals surface area contributed by atoms with Gasteiger partial charge in [0.05, 0.1) is 22.2 Å². The molecule has 1 aromatic heterocycles. The van der Waals surface area contributed by atoms with Gasteiger partial charge in [0.25, 0.3) is 0 Å². The zero-order valence-electron chi connectivity index (χ0n) is 15.7. The third kappa shape index (κ3) is 3.78. The molecule has 28 heavy (non-hydrogen) atoms. The molecule has 4 rings (SSSR count). The monoisotopic (exact) mass is 408 g/mol. The number of nitrogens with zero attached hydrogens (tertiary/aromatic N) is 2. The smallest absolute Gasteiger partial charge is 0.145 e. The van der Waals surface area contributed by atoms with E-state index in [9.17, 15) is 4.57 Å². The highest BCUT2D eigenvalue weighted by Gasteiger charge is 2.36. The Morgan fingerprint density at radius 3 is 2.04 bits per heavy atom. The molecule has 5 heteroatoms. The Kier molecular flexibility index (Phi) is 5.14. The molecule has 0 spiro atoms. The van der Waals surface area contributed by atoms with Gasteiger partial charge in [-0.15, -0.1) is 11.6 Å². The van der Waals surface area contributed by atoms with E-state index >= 15 is 0 Å². The minimum absolute atomic E-state index is 0.363.